The van der Waals surface area contributed by atoms with Crippen LogP contribution in [0.2, 0.25) is 0 Å². The zero-order valence-electron chi connectivity index (χ0n) is 6.16. The fourth-order valence-electron chi connectivity index (χ4n) is 0.731. The van der Waals surface area contributed by atoms with Crippen LogP contribution in [-0.2, 0) is 4.74 Å². The minimum atomic E-state index is 0.179. The maximum absolute atomic E-state index is 7.30. The standard InChI is InChI=1S/C8H9NOS/c1-10-8(9)6-2-4-7(11)5-3-6/h2-5,9,11H,1H3. The summed E-state index contributed by atoms with van der Waals surface area (Å²) in [4.78, 5) is 0.887. The first kappa shape index (κ1) is 8.14. The van der Waals surface area contributed by atoms with Crippen LogP contribution in [-0.4, -0.2) is 13.0 Å². The van der Waals surface area contributed by atoms with Gasteiger partial charge in [0.15, 0.2) is 0 Å². The molecule has 58 valence electrons. The van der Waals surface area contributed by atoms with Gasteiger partial charge < -0.3 is 4.74 Å². The highest BCUT2D eigenvalue weighted by Gasteiger charge is 1.97. The van der Waals surface area contributed by atoms with Crippen molar-refractivity contribution in [3.05, 3.63) is 29.8 Å². The van der Waals surface area contributed by atoms with Crippen LogP contribution in [0.25, 0.3) is 0 Å². The van der Waals surface area contributed by atoms with Gasteiger partial charge in [0.1, 0.15) is 0 Å². The van der Waals surface area contributed by atoms with Crippen LogP contribution >= 0.6 is 12.6 Å². The van der Waals surface area contributed by atoms with E-state index < -0.39 is 0 Å². The number of nitrogens with one attached hydrogen (secondary N) is 1. The molecule has 1 aromatic carbocycles. The molecule has 1 aromatic rings. The fourth-order valence-corrected chi connectivity index (χ4v) is 0.880. The third-order valence-corrected chi connectivity index (χ3v) is 1.63. The second-order valence-electron chi connectivity index (χ2n) is 2.08. The van der Waals surface area contributed by atoms with Gasteiger partial charge >= 0.3 is 0 Å². The van der Waals surface area contributed by atoms with Crippen molar-refractivity contribution in [2.45, 2.75) is 4.90 Å². The van der Waals surface area contributed by atoms with Crippen molar-refractivity contribution in [1.82, 2.24) is 0 Å². The zero-order chi connectivity index (χ0) is 8.27. The van der Waals surface area contributed by atoms with E-state index in [-0.39, 0.29) is 5.90 Å². The minimum absolute atomic E-state index is 0.179. The van der Waals surface area contributed by atoms with Gasteiger partial charge in [0.2, 0.25) is 5.90 Å². The lowest BCUT2D eigenvalue weighted by Crippen LogP contribution is -1.99. The largest absolute Gasteiger partial charge is 0.481 e. The van der Waals surface area contributed by atoms with Crippen molar-refractivity contribution in [3.8, 4) is 0 Å². The van der Waals surface area contributed by atoms with Crippen molar-refractivity contribution in [1.29, 1.82) is 5.41 Å². The van der Waals surface area contributed by atoms with Crippen LogP contribution in [0.15, 0.2) is 29.2 Å². The van der Waals surface area contributed by atoms with Crippen LogP contribution in [0.5, 0.6) is 0 Å². The highest BCUT2D eigenvalue weighted by Crippen LogP contribution is 2.07. The molecule has 1 N–H and O–H groups in total. The van der Waals surface area contributed by atoms with Gasteiger partial charge in [0, 0.05) is 10.5 Å². The number of rotatable bonds is 1. The molecule has 0 saturated heterocycles. The molecule has 2 nitrogen and oxygen atoms in total. The van der Waals surface area contributed by atoms with Crippen LogP contribution in [0.1, 0.15) is 5.56 Å². The summed E-state index contributed by atoms with van der Waals surface area (Å²) in [7, 11) is 1.48. The molecule has 0 heterocycles. The van der Waals surface area contributed by atoms with Crippen molar-refractivity contribution in [3.63, 3.8) is 0 Å². The molecule has 0 unspecified atom stereocenters. The average Bonchev–Trinajstić information content (AvgIpc) is 2.05. The first-order valence-electron chi connectivity index (χ1n) is 3.16. The molecular weight excluding hydrogens is 158 g/mol. The molecule has 0 bridgehead atoms. The SMILES string of the molecule is COC(=N)c1ccc(S)cc1. The van der Waals surface area contributed by atoms with E-state index in [2.05, 4.69) is 12.6 Å². The number of hydrogen-bond acceptors (Lipinski definition) is 3. The highest BCUT2D eigenvalue weighted by atomic mass is 32.1. The van der Waals surface area contributed by atoms with Crippen LogP contribution in [0, 0.1) is 5.41 Å². The molecule has 11 heavy (non-hydrogen) atoms. The lowest BCUT2D eigenvalue weighted by Gasteiger charge is -2.00. The van der Waals surface area contributed by atoms with Gasteiger partial charge in [-0.1, -0.05) is 0 Å². The summed E-state index contributed by atoms with van der Waals surface area (Å²) in [5, 5.41) is 7.30. The predicted octanol–water partition coefficient (Wildman–Crippen LogP) is 1.95. The van der Waals surface area contributed by atoms with E-state index in [9.17, 15) is 0 Å². The Labute approximate surface area is 71.1 Å². The lowest BCUT2D eigenvalue weighted by molar-refractivity contribution is 0.401. The minimum Gasteiger partial charge on any atom is -0.481 e. The van der Waals surface area contributed by atoms with Gasteiger partial charge in [0.05, 0.1) is 7.11 Å². The Morgan fingerprint density at radius 2 is 1.91 bits per heavy atom. The van der Waals surface area contributed by atoms with E-state index in [4.69, 9.17) is 10.1 Å². The Bertz CT molecular complexity index is 255. The second-order valence-corrected chi connectivity index (χ2v) is 2.60. The van der Waals surface area contributed by atoms with E-state index in [1.165, 1.54) is 7.11 Å². The number of hydrogen-bond donors (Lipinski definition) is 2. The Morgan fingerprint density at radius 1 is 1.36 bits per heavy atom. The second kappa shape index (κ2) is 3.44. The van der Waals surface area contributed by atoms with Gasteiger partial charge in [-0.2, -0.15) is 0 Å². The van der Waals surface area contributed by atoms with Crippen LogP contribution in [0.3, 0.4) is 0 Å². The lowest BCUT2D eigenvalue weighted by atomic mass is 10.2. The van der Waals surface area contributed by atoms with Gasteiger partial charge in [-0.25, -0.2) is 0 Å². The first-order valence-corrected chi connectivity index (χ1v) is 3.60. The number of benzene rings is 1. The Hall–Kier alpha value is -0.960. The average molecular weight is 167 g/mol. The normalized spacial score (nSPS) is 9.27. The molecule has 3 heteroatoms. The highest BCUT2D eigenvalue weighted by molar-refractivity contribution is 7.80. The number of methoxy groups -OCH3 is 1. The molecule has 0 amide bonds. The molecule has 0 aliphatic heterocycles. The van der Waals surface area contributed by atoms with Crippen molar-refractivity contribution < 1.29 is 4.74 Å². The van der Waals surface area contributed by atoms with Crippen LogP contribution < -0.4 is 0 Å². The number of ether oxygens (including phenoxy) is 1. The predicted molar refractivity (Wildman–Crippen MR) is 47.5 cm³/mol. The summed E-state index contributed by atoms with van der Waals surface area (Å²) in [6.45, 7) is 0. The van der Waals surface area contributed by atoms with Gasteiger partial charge in [0.25, 0.3) is 0 Å². The summed E-state index contributed by atoms with van der Waals surface area (Å²) in [6.07, 6.45) is 0. The quantitative estimate of drug-likeness (QED) is 0.374. The summed E-state index contributed by atoms with van der Waals surface area (Å²) in [6, 6.07) is 7.25. The van der Waals surface area contributed by atoms with Crippen LogP contribution in [0.4, 0.5) is 0 Å². The van der Waals surface area contributed by atoms with E-state index >= 15 is 0 Å². The smallest absolute Gasteiger partial charge is 0.212 e. The summed E-state index contributed by atoms with van der Waals surface area (Å²) in [5.74, 6) is 0.179. The number of thiol groups is 1. The summed E-state index contributed by atoms with van der Waals surface area (Å²) < 4.78 is 4.73. The van der Waals surface area contributed by atoms with Crippen molar-refractivity contribution in [2.24, 2.45) is 0 Å². The maximum atomic E-state index is 7.30. The molecule has 0 spiro atoms. The maximum Gasteiger partial charge on any atom is 0.212 e. The molecule has 0 fully saturated rings. The van der Waals surface area contributed by atoms with Gasteiger partial charge in [-0.3, -0.25) is 5.41 Å². The van der Waals surface area contributed by atoms with E-state index in [0.717, 1.165) is 10.5 Å². The third-order valence-electron chi connectivity index (χ3n) is 1.33. The molecule has 0 aliphatic carbocycles. The molecule has 0 aromatic heterocycles. The monoisotopic (exact) mass is 167 g/mol. The molecular formula is C8H9NOS. The fraction of sp³-hybridized carbons (Fsp3) is 0.125. The van der Waals surface area contributed by atoms with Gasteiger partial charge in [-0.15, -0.1) is 12.6 Å². The van der Waals surface area contributed by atoms with Crippen molar-refractivity contribution >= 4 is 18.5 Å². The van der Waals surface area contributed by atoms with Gasteiger partial charge in [-0.05, 0) is 24.3 Å². The van der Waals surface area contributed by atoms with Crippen molar-refractivity contribution in [2.75, 3.05) is 7.11 Å². The summed E-state index contributed by atoms with van der Waals surface area (Å²) >= 11 is 4.12. The van der Waals surface area contributed by atoms with E-state index in [0.29, 0.717) is 0 Å². The molecule has 0 aliphatic rings. The molecule has 1 rings (SSSR count). The Morgan fingerprint density at radius 3 is 2.36 bits per heavy atom. The first-order chi connectivity index (χ1) is 5.24. The molecule has 0 saturated carbocycles. The molecule has 0 atom stereocenters. The Balaban J connectivity index is 2.90. The topological polar surface area (TPSA) is 33.1 Å². The van der Waals surface area contributed by atoms with E-state index in [1.54, 1.807) is 12.1 Å². The Kier molecular flexibility index (Phi) is 2.54. The summed E-state index contributed by atoms with van der Waals surface area (Å²) in [5.41, 5.74) is 0.769. The third kappa shape index (κ3) is 1.98. The van der Waals surface area contributed by atoms with E-state index in [1.807, 2.05) is 12.1 Å². The zero-order valence-corrected chi connectivity index (χ0v) is 7.06. The molecule has 0 radical (unpaired) electrons.